The van der Waals surface area contributed by atoms with Crippen molar-refractivity contribution in [2.45, 2.75) is 57.0 Å². The van der Waals surface area contributed by atoms with Crippen LogP contribution in [0.15, 0.2) is 0 Å². The average molecular weight is 248 g/mol. The predicted molar refractivity (Wildman–Crippen MR) is 69.9 cm³/mol. The van der Waals surface area contributed by atoms with E-state index in [1.807, 2.05) is 0 Å². The molecule has 2 aliphatic carbocycles. The molecule has 0 radical (unpaired) electrons. The Bertz CT molecular complexity index is 358. The van der Waals surface area contributed by atoms with Crippen LogP contribution in [0.2, 0.25) is 0 Å². The van der Waals surface area contributed by atoms with E-state index in [0.717, 1.165) is 38.9 Å². The van der Waals surface area contributed by atoms with Crippen LogP contribution in [-0.2, 0) is 0 Å². The topological polar surface area (TPSA) is 47.3 Å². The Balaban J connectivity index is 1.59. The van der Waals surface area contributed by atoms with Crippen molar-refractivity contribution >= 4 is 0 Å². The minimum Gasteiger partial charge on any atom is -0.390 e. The van der Waals surface area contributed by atoms with Crippen molar-refractivity contribution in [1.82, 2.24) is 4.90 Å². The summed E-state index contributed by atoms with van der Waals surface area (Å²) in [6.07, 6.45) is 8.80. The first-order valence-electron chi connectivity index (χ1n) is 7.48. The SMILES string of the molecule is N#CCC1(CN2CCC3(O)CCCCC3C2)CC1. The van der Waals surface area contributed by atoms with Gasteiger partial charge in [0.15, 0.2) is 0 Å². The fourth-order valence-electron chi connectivity index (χ4n) is 3.99. The number of hydrogen-bond donors (Lipinski definition) is 1. The first-order chi connectivity index (χ1) is 8.66. The van der Waals surface area contributed by atoms with Gasteiger partial charge in [0.05, 0.1) is 11.7 Å². The van der Waals surface area contributed by atoms with Gasteiger partial charge >= 0.3 is 0 Å². The molecule has 3 heteroatoms. The van der Waals surface area contributed by atoms with Gasteiger partial charge in [-0.2, -0.15) is 5.26 Å². The zero-order valence-corrected chi connectivity index (χ0v) is 11.2. The molecule has 2 unspecified atom stereocenters. The molecule has 1 saturated heterocycles. The first-order valence-corrected chi connectivity index (χ1v) is 7.48. The van der Waals surface area contributed by atoms with Gasteiger partial charge in [-0.25, -0.2) is 0 Å². The fourth-order valence-corrected chi connectivity index (χ4v) is 3.99. The van der Waals surface area contributed by atoms with Crippen LogP contribution in [-0.4, -0.2) is 35.2 Å². The zero-order chi connectivity index (χ0) is 12.6. The lowest BCUT2D eigenvalue weighted by Crippen LogP contribution is -2.54. The van der Waals surface area contributed by atoms with Crippen LogP contribution in [0, 0.1) is 22.7 Å². The number of rotatable bonds is 3. The second-order valence-electron chi connectivity index (χ2n) is 6.87. The molecule has 1 aliphatic heterocycles. The highest BCUT2D eigenvalue weighted by Gasteiger charge is 2.47. The lowest BCUT2D eigenvalue weighted by molar-refractivity contribution is -0.0977. The molecule has 0 aromatic rings. The highest BCUT2D eigenvalue weighted by atomic mass is 16.3. The van der Waals surface area contributed by atoms with Gasteiger partial charge in [0.2, 0.25) is 0 Å². The summed E-state index contributed by atoms with van der Waals surface area (Å²) < 4.78 is 0. The molecule has 1 heterocycles. The molecule has 0 spiro atoms. The molecule has 100 valence electrons. The van der Waals surface area contributed by atoms with Gasteiger partial charge in [-0.1, -0.05) is 12.8 Å². The number of likely N-dealkylation sites (tertiary alicyclic amines) is 1. The van der Waals surface area contributed by atoms with E-state index in [0.29, 0.717) is 11.3 Å². The molecule has 3 fully saturated rings. The maximum Gasteiger partial charge on any atom is 0.0700 e. The van der Waals surface area contributed by atoms with Gasteiger partial charge in [0, 0.05) is 32.0 Å². The van der Waals surface area contributed by atoms with Gasteiger partial charge < -0.3 is 10.0 Å². The maximum absolute atomic E-state index is 10.6. The number of piperidine rings is 1. The highest BCUT2D eigenvalue weighted by molar-refractivity contribution is 5.03. The highest BCUT2D eigenvalue weighted by Crippen LogP contribution is 2.50. The largest absolute Gasteiger partial charge is 0.390 e. The second kappa shape index (κ2) is 4.51. The summed E-state index contributed by atoms with van der Waals surface area (Å²) in [5, 5.41) is 19.5. The lowest BCUT2D eigenvalue weighted by atomic mass is 9.71. The molecule has 3 nitrogen and oxygen atoms in total. The molecule has 2 atom stereocenters. The van der Waals surface area contributed by atoms with Crippen molar-refractivity contribution in [3.05, 3.63) is 0 Å². The molecule has 0 amide bonds. The van der Waals surface area contributed by atoms with Crippen molar-refractivity contribution in [1.29, 1.82) is 5.26 Å². The smallest absolute Gasteiger partial charge is 0.0700 e. The van der Waals surface area contributed by atoms with Gasteiger partial charge in [-0.3, -0.25) is 0 Å². The fraction of sp³-hybridized carbons (Fsp3) is 0.933. The number of fused-ring (bicyclic) bond motifs is 1. The van der Waals surface area contributed by atoms with Crippen molar-refractivity contribution < 1.29 is 5.11 Å². The molecule has 2 saturated carbocycles. The Morgan fingerprint density at radius 2 is 2.06 bits per heavy atom. The van der Waals surface area contributed by atoms with Gasteiger partial charge in [-0.15, -0.1) is 0 Å². The number of nitrogens with zero attached hydrogens (tertiary/aromatic N) is 2. The van der Waals surface area contributed by atoms with Crippen LogP contribution >= 0.6 is 0 Å². The summed E-state index contributed by atoms with van der Waals surface area (Å²) in [5.41, 5.74) is -0.0421. The van der Waals surface area contributed by atoms with E-state index in [-0.39, 0.29) is 5.60 Å². The Kier molecular flexibility index (Phi) is 3.11. The van der Waals surface area contributed by atoms with Crippen LogP contribution in [0.1, 0.15) is 51.4 Å². The molecule has 0 aromatic carbocycles. The molecule has 18 heavy (non-hydrogen) atoms. The van der Waals surface area contributed by atoms with Gasteiger partial charge in [-0.05, 0) is 37.5 Å². The van der Waals surface area contributed by atoms with E-state index in [2.05, 4.69) is 11.0 Å². The minimum absolute atomic E-state index is 0.318. The van der Waals surface area contributed by atoms with Gasteiger partial charge in [0.25, 0.3) is 0 Å². The van der Waals surface area contributed by atoms with Crippen molar-refractivity contribution in [2.24, 2.45) is 11.3 Å². The summed E-state index contributed by atoms with van der Waals surface area (Å²) in [6.45, 7) is 3.18. The van der Waals surface area contributed by atoms with Crippen LogP contribution in [0.25, 0.3) is 0 Å². The minimum atomic E-state index is -0.360. The van der Waals surface area contributed by atoms with E-state index in [9.17, 15) is 5.11 Å². The molecule has 0 bridgehead atoms. The standard InChI is InChI=1S/C15H24N2O/c16-9-7-14(5-6-14)12-17-10-8-15(18)4-2-1-3-13(15)11-17/h13,18H,1-8,10-12H2. The molecule has 1 N–H and O–H groups in total. The first kappa shape index (κ1) is 12.4. The monoisotopic (exact) mass is 248 g/mol. The van der Waals surface area contributed by atoms with Gasteiger partial charge in [0.1, 0.15) is 0 Å². The van der Waals surface area contributed by atoms with Crippen molar-refractivity contribution in [3.8, 4) is 6.07 Å². The molecular formula is C15H24N2O. The molecule has 0 aromatic heterocycles. The van der Waals surface area contributed by atoms with Crippen LogP contribution in [0.5, 0.6) is 0 Å². The average Bonchev–Trinajstić information content (AvgIpc) is 3.10. The maximum atomic E-state index is 10.6. The quantitative estimate of drug-likeness (QED) is 0.833. The molecule has 3 aliphatic rings. The summed E-state index contributed by atoms with van der Waals surface area (Å²) in [7, 11) is 0. The molecule has 3 rings (SSSR count). The summed E-state index contributed by atoms with van der Waals surface area (Å²) in [5.74, 6) is 0.484. The van der Waals surface area contributed by atoms with E-state index in [4.69, 9.17) is 5.26 Å². The number of aliphatic hydroxyl groups is 1. The Morgan fingerprint density at radius 1 is 1.22 bits per heavy atom. The predicted octanol–water partition coefficient (Wildman–Crippen LogP) is 2.31. The zero-order valence-electron chi connectivity index (χ0n) is 11.2. The Morgan fingerprint density at radius 3 is 2.78 bits per heavy atom. The lowest BCUT2D eigenvalue weighted by Gasteiger charge is -2.48. The van der Waals surface area contributed by atoms with Crippen LogP contribution < -0.4 is 0 Å². The Labute approximate surface area is 110 Å². The number of nitriles is 1. The second-order valence-corrected chi connectivity index (χ2v) is 6.87. The van der Waals surface area contributed by atoms with E-state index >= 15 is 0 Å². The summed E-state index contributed by atoms with van der Waals surface area (Å²) in [6, 6.07) is 2.35. The third kappa shape index (κ3) is 2.29. The van der Waals surface area contributed by atoms with E-state index < -0.39 is 0 Å². The van der Waals surface area contributed by atoms with E-state index in [1.165, 1.54) is 32.1 Å². The van der Waals surface area contributed by atoms with Crippen LogP contribution in [0.4, 0.5) is 0 Å². The van der Waals surface area contributed by atoms with E-state index in [1.54, 1.807) is 0 Å². The third-order valence-electron chi connectivity index (χ3n) is 5.48. The summed E-state index contributed by atoms with van der Waals surface area (Å²) >= 11 is 0. The molecular weight excluding hydrogens is 224 g/mol. The normalized spacial score (nSPS) is 38.8. The van der Waals surface area contributed by atoms with Crippen LogP contribution in [0.3, 0.4) is 0 Å². The summed E-state index contributed by atoms with van der Waals surface area (Å²) in [4.78, 5) is 2.52. The third-order valence-corrected chi connectivity index (χ3v) is 5.48. The van der Waals surface area contributed by atoms with Crippen molar-refractivity contribution in [2.75, 3.05) is 19.6 Å². The Hall–Kier alpha value is -0.590. The van der Waals surface area contributed by atoms with Crippen molar-refractivity contribution in [3.63, 3.8) is 0 Å². The number of hydrogen-bond acceptors (Lipinski definition) is 3.